The number of hydrogen-bond acceptors (Lipinski definition) is 6. The SMILES string of the molecule is O=S(=O)(Cc1cn2ccc(-c3noc(C(F)(F)F)n3)cc2n1)c1ccc(C(F)(F)F)cc1. The molecule has 0 radical (unpaired) electrons. The van der Waals surface area contributed by atoms with Gasteiger partial charge in [-0.3, -0.25) is 0 Å². The van der Waals surface area contributed by atoms with Crippen molar-refractivity contribution in [1.82, 2.24) is 19.5 Å². The van der Waals surface area contributed by atoms with Crippen LogP contribution in [0.3, 0.4) is 0 Å². The Morgan fingerprint density at radius 1 is 0.938 bits per heavy atom. The molecule has 0 aliphatic carbocycles. The van der Waals surface area contributed by atoms with Crippen LogP contribution in [-0.4, -0.2) is 27.9 Å². The summed E-state index contributed by atoms with van der Waals surface area (Å²) < 4.78 is 107. The van der Waals surface area contributed by atoms with Crippen LogP contribution >= 0.6 is 0 Å². The fraction of sp³-hybridized carbons (Fsp3) is 0.167. The molecule has 0 N–H and O–H groups in total. The number of hydrogen-bond donors (Lipinski definition) is 0. The first kappa shape index (κ1) is 21.8. The molecule has 7 nitrogen and oxygen atoms in total. The molecule has 3 aromatic heterocycles. The van der Waals surface area contributed by atoms with Crippen molar-refractivity contribution in [3.05, 3.63) is 65.9 Å². The van der Waals surface area contributed by atoms with E-state index in [-0.39, 0.29) is 27.6 Å². The molecule has 32 heavy (non-hydrogen) atoms. The summed E-state index contributed by atoms with van der Waals surface area (Å²) in [5.41, 5.74) is -0.559. The summed E-state index contributed by atoms with van der Waals surface area (Å²) in [6, 6.07) is 5.78. The Labute approximate surface area is 175 Å². The van der Waals surface area contributed by atoms with Crippen molar-refractivity contribution < 1.29 is 39.3 Å². The maximum Gasteiger partial charge on any atom is 0.471 e. The second-order valence-corrected chi connectivity index (χ2v) is 8.60. The molecule has 0 bridgehead atoms. The van der Waals surface area contributed by atoms with Crippen molar-refractivity contribution in [1.29, 1.82) is 0 Å². The highest BCUT2D eigenvalue weighted by atomic mass is 32.2. The summed E-state index contributed by atoms with van der Waals surface area (Å²) in [6.45, 7) is 0. The maximum atomic E-state index is 12.7. The Kier molecular flexibility index (Phi) is 4.99. The Morgan fingerprint density at radius 3 is 2.22 bits per heavy atom. The first-order valence-electron chi connectivity index (χ1n) is 8.62. The molecular formula is C18H10F6N4O3S. The molecule has 0 saturated carbocycles. The van der Waals surface area contributed by atoms with E-state index < -0.39 is 39.4 Å². The van der Waals surface area contributed by atoms with Crippen LogP contribution in [0.2, 0.25) is 0 Å². The average molecular weight is 476 g/mol. The highest BCUT2D eigenvalue weighted by Crippen LogP contribution is 2.31. The minimum atomic E-state index is -4.80. The van der Waals surface area contributed by atoms with Gasteiger partial charge in [-0.1, -0.05) is 5.16 Å². The van der Waals surface area contributed by atoms with Crippen LogP contribution in [0.4, 0.5) is 26.3 Å². The van der Waals surface area contributed by atoms with Crippen molar-refractivity contribution in [3.8, 4) is 11.4 Å². The zero-order valence-corrected chi connectivity index (χ0v) is 16.3. The molecule has 0 aliphatic rings. The van der Waals surface area contributed by atoms with E-state index in [1.54, 1.807) is 0 Å². The van der Waals surface area contributed by atoms with Crippen LogP contribution in [0.25, 0.3) is 17.0 Å². The molecule has 0 unspecified atom stereocenters. The molecule has 4 rings (SSSR count). The second-order valence-electron chi connectivity index (χ2n) is 6.62. The zero-order valence-electron chi connectivity index (χ0n) is 15.5. The fourth-order valence-electron chi connectivity index (χ4n) is 2.83. The first-order valence-corrected chi connectivity index (χ1v) is 10.3. The molecule has 0 fully saturated rings. The molecule has 0 atom stereocenters. The number of alkyl halides is 6. The summed E-state index contributed by atoms with van der Waals surface area (Å²) in [5.74, 6) is -2.45. The Bertz CT molecular complexity index is 1390. The summed E-state index contributed by atoms with van der Waals surface area (Å²) in [7, 11) is -4.01. The standard InChI is InChI=1S/C18H10F6N4O3S/c19-17(20,21)11-1-3-13(4-2-11)32(29,30)9-12-8-28-6-5-10(7-14(28)25-12)15-26-16(31-27-15)18(22,23)24/h1-8H,9H2. The van der Waals surface area contributed by atoms with Gasteiger partial charge in [0, 0.05) is 18.0 Å². The van der Waals surface area contributed by atoms with Crippen molar-refractivity contribution in [2.45, 2.75) is 23.0 Å². The summed E-state index contributed by atoms with van der Waals surface area (Å²) >= 11 is 0. The monoisotopic (exact) mass is 476 g/mol. The van der Waals surface area contributed by atoms with Gasteiger partial charge >= 0.3 is 18.2 Å². The number of nitrogens with zero attached hydrogens (tertiary/aromatic N) is 4. The number of imidazole rings is 1. The van der Waals surface area contributed by atoms with Crippen LogP contribution in [0.5, 0.6) is 0 Å². The van der Waals surface area contributed by atoms with Crippen LogP contribution in [0.15, 0.2) is 58.2 Å². The summed E-state index contributed by atoms with van der Waals surface area (Å²) in [4.78, 5) is 7.08. The number of halogens is 6. The Morgan fingerprint density at radius 2 is 1.62 bits per heavy atom. The third-order valence-electron chi connectivity index (χ3n) is 4.32. The first-order chi connectivity index (χ1) is 14.8. The quantitative estimate of drug-likeness (QED) is 0.406. The van der Waals surface area contributed by atoms with Crippen molar-refractivity contribution in [3.63, 3.8) is 0 Å². The van der Waals surface area contributed by atoms with Gasteiger partial charge in [0.2, 0.25) is 5.82 Å². The lowest BCUT2D eigenvalue weighted by atomic mass is 10.2. The number of pyridine rings is 1. The van der Waals surface area contributed by atoms with E-state index >= 15 is 0 Å². The van der Waals surface area contributed by atoms with E-state index in [1.165, 1.54) is 28.9 Å². The van der Waals surface area contributed by atoms with Crippen molar-refractivity contribution in [2.24, 2.45) is 0 Å². The van der Waals surface area contributed by atoms with Gasteiger partial charge in [0.25, 0.3) is 0 Å². The summed E-state index contributed by atoms with van der Waals surface area (Å²) in [6.07, 6.45) is -6.61. The lowest BCUT2D eigenvalue weighted by Gasteiger charge is -2.07. The van der Waals surface area contributed by atoms with Crippen LogP contribution < -0.4 is 0 Å². The third kappa shape index (κ3) is 4.30. The van der Waals surface area contributed by atoms with E-state index in [1.807, 2.05) is 0 Å². The van der Waals surface area contributed by atoms with E-state index in [0.29, 0.717) is 12.1 Å². The normalized spacial score (nSPS) is 13.1. The van der Waals surface area contributed by atoms with Crippen LogP contribution in [0.1, 0.15) is 17.1 Å². The van der Waals surface area contributed by atoms with Gasteiger partial charge in [-0.05, 0) is 36.4 Å². The second kappa shape index (κ2) is 7.32. The predicted molar refractivity (Wildman–Crippen MR) is 95.8 cm³/mol. The van der Waals surface area contributed by atoms with Gasteiger partial charge < -0.3 is 8.92 Å². The molecule has 1 aromatic carbocycles. The molecule has 0 aliphatic heterocycles. The number of rotatable bonds is 4. The van der Waals surface area contributed by atoms with E-state index in [9.17, 15) is 34.8 Å². The highest BCUT2D eigenvalue weighted by Gasteiger charge is 2.38. The molecule has 3 heterocycles. The molecule has 14 heteroatoms. The highest BCUT2D eigenvalue weighted by molar-refractivity contribution is 7.90. The largest absolute Gasteiger partial charge is 0.471 e. The summed E-state index contributed by atoms with van der Waals surface area (Å²) in [5, 5.41) is 3.27. The molecule has 168 valence electrons. The van der Waals surface area contributed by atoms with Crippen LogP contribution in [-0.2, 0) is 27.9 Å². The average Bonchev–Trinajstić information content (AvgIpc) is 3.33. The number of fused-ring (bicyclic) bond motifs is 1. The van der Waals surface area contributed by atoms with Gasteiger partial charge in [-0.15, -0.1) is 0 Å². The van der Waals surface area contributed by atoms with Gasteiger partial charge in [0.05, 0.1) is 21.9 Å². The Balaban J connectivity index is 1.59. The lowest BCUT2D eigenvalue weighted by molar-refractivity contribution is -0.159. The van der Waals surface area contributed by atoms with E-state index in [2.05, 4.69) is 19.6 Å². The predicted octanol–water partition coefficient (Wildman–Crippen LogP) is 4.40. The molecule has 0 saturated heterocycles. The van der Waals surface area contributed by atoms with Gasteiger partial charge in [-0.25, -0.2) is 13.4 Å². The number of sulfone groups is 1. The lowest BCUT2D eigenvalue weighted by Crippen LogP contribution is -2.08. The third-order valence-corrected chi connectivity index (χ3v) is 5.98. The smallest absolute Gasteiger partial charge is 0.329 e. The Hall–Kier alpha value is -3.42. The van der Waals surface area contributed by atoms with Gasteiger partial charge in [0.1, 0.15) is 5.65 Å². The molecule has 0 spiro atoms. The minimum absolute atomic E-state index is 0.0751. The molecular weight excluding hydrogens is 466 g/mol. The zero-order chi connectivity index (χ0) is 23.3. The number of benzene rings is 1. The number of aromatic nitrogens is 4. The molecule has 4 aromatic rings. The topological polar surface area (TPSA) is 90.4 Å². The fourth-order valence-corrected chi connectivity index (χ4v) is 4.07. The van der Waals surface area contributed by atoms with Crippen molar-refractivity contribution in [2.75, 3.05) is 0 Å². The minimum Gasteiger partial charge on any atom is -0.329 e. The van der Waals surface area contributed by atoms with E-state index in [4.69, 9.17) is 0 Å². The maximum absolute atomic E-state index is 12.7. The van der Waals surface area contributed by atoms with Crippen molar-refractivity contribution >= 4 is 15.5 Å². The van der Waals surface area contributed by atoms with Gasteiger partial charge in [-0.2, -0.15) is 31.3 Å². The van der Waals surface area contributed by atoms with Crippen LogP contribution in [0, 0.1) is 0 Å². The molecule has 0 amide bonds. The van der Waals surface area contributed by atoms with Gasteiger partial charge in [0.15, 0.2) is 9.84 Å². The van der Waals surface area contributed by atoms with E-state index in [0.717, 1.165) is 12.1 Å².